The van der Waals surface area contributed by atoms with Crippen molar-refractivity contribution in [2.75, 3.05) is 27.2 Å². The Kier molecular flexibility index (Phi) is 15.1. The lowest BCUT2D eigenvalue weighted by Crippen LogP contribution is -2.15. The predicted molar refractivity (Wildman–Crippen MR) is 82.5 cm³/mol. The van der Waals surface area contributed by atoms with Gasteiger partial charge >= 0.3 is 0 Å². The van der Waals surface area contributed by atoms with Crippen molar-refractivity contribution < 1.29 is 4.74 Å². The Balaban J connectivity index is 0. The van der Waals surface area contributed by atoms with E-state index in [0.717, 1.165) is 25.3 Å². The molecule has 18 heavy (non-hydrogen) atoms. The summed E-state index contributed by atoms with van der Waals surface area (Å²) in [4.78, 5) is 2.17. The highest BCUT2D eigenvalue weighted by atomic mass is 16.5. The highest BCUT2D eigenvalue weighted by molar-refractivity contribution is 5.26. The van der Waals surface area contributed by atoms with Crippen molar-refractivity contribution >= 4 is 0 Å². The largest absolute Gasteiger partial charge is 0.494 e. The molecule has 106 valence electrons. The van der Waals surface area contributed by atoms with Crippen LogP contribution in [0.2, 0.25) is 0 Å². The van der Waals surface area contributed by atoms with Gasteiger partial charge < -0.3 is 9.64 Å². The lowest BCUT2D eigenvalue weighted by atomic mass is 10.2. The highest BCUT2D eigenvalue weighted by Gasteiger charge is 1.94. The third-order valence-corrected chi connectivity index (χ3v) is 2.04. The SMILES string of the molecule is CC.CC.Cc1ccc(OCCCN(C)C)cc1. The lowest BCUT2D eigenvalue weighted by Gasteiger charge is -2.10. The van der Waals surface area contributed by atoms with Crippen LogP contribution in [0.25, 0.3) is 0 Å². The van der Waals surface area contributed by atoms with Crippen molar-refractivity contribution in [1.29, 1.82) is 0 Å². The second-order valence-electron chi connectivity index (χ2n) is 3.82. The van der Waals surface area contributed by atoms with E-state index in [9.17, 15) is 0 Å². The molecule has 0 aromatic heterocycles. The lowest BCUT2D eigenvalue weighted by molar-refractivity contribution is 0.281. The quantitative estimate of drug-likeness (QED) is 0.722. The Bertz CT molecular complexity index is 254. The zero-order chi connectivity index (χ0) is 14.4. The van der Waals surface area contributed by atoms with Crippen LogP contribution in [-0.2, 0) is 0 Å². The molecule has 1 aromatic rings. The fraction of sp³-hybridized carbons (Fsp3) is 0.625. The minimum atomic E-state index is 0.793. The summed E-state index contributed by atoms with van der Waals surface area (Å²) >= 11 is 0. The predicted octanol–water partition coefficient (Wildman–Crippen LogP) is 4.38. The van der Waals surface area contributed by atoms with E-state index < -0.39 is 0 Å². The van der Waals surface area contributed by atoms with Gasteiger partial charge in [0.2, 0.25) is 0 Å². The van der Waals surface area contributed by atoms with Gasteiger partial charge in [0, 0.05) is 6.54 Å². The average Bonchev–Trinajstić information content (AvgIpc) is 2.41. The summed E-state index contributed by atoms with van der Waals surface area (Å²) in [5.41, 5.74) is 1.27. The Hall–Kier alpha value is -1.02. The summed E-state index contributed by atoms with van der Waals surface area (Å²) in [6, 6.07) is 8.18. The molecule has 0 atom stereocenters. The van der Waals surface area contributed by atoms with Gasteiger partial charge in [-0.3, -0.25) is 0 Å². The second-order valence-corrected chi connectivity index (χ2v) is 3.82. The second kappa shape index (κ2) is 14.0. The Morgan fingerprint density at radius 2 is 1.44 bits per heavy atom. The molecule has 0 aliphatic heterocycles. The van der Waals surface area contributed by atoms with Crippen LogP contribution in [0.5, 0.6) is 5.75 Å². The Morgan fingerprint density at radius 3 is 1.89 bits per heavy atom. The van der Waals surface area contributed by atoms with Crippen LogP contribution in [0.15, 0.2) is 24.3 Å². The maximum atomic E-state index is 5.58. The number of rotatable bonds is 5. The first-order valence-electron chi connectivity index (χ1n) is 7.02. The summed E-state index contributed by atoms with van der Waals surface area (Å²) in [5.74, 6) is 0.967. The molecule has 0 unspecified atom stereocenters. The molecule has 2 nitrogen and oxygen atoms in total. The summed E-state index contributed by atoms with van der Waals surface area (Å²) < 4.78 is 5.58. The van der Waals surface area contributed by atoms with E-state index in [1.54, 1.807) is 0 Å². The van der Waals surface area contributed by atoms with Gasteiger partial charge in [-0.1, -0.05) is 45.4 Å². The van der Waals surface area contributed by atoms with E-state index in [2.05, 4.69) is 38.1 Å². The van der Waals surface area contributed by atoms with E-state index in [1.165, 1.54) is 5.56 Å². The molecular formula is C16H31NO. The van der Waals surface area contributed by atoms with Crippen LogP contribution in [0.3, 0.4) is 0 Å². The Morgan fingerprint density at radius 1 is 0.944 bits per heavy atom. The first-order valence-corrected chi connectivity index (χ1v) is 7.02. The molecule has 0 aliphatic rings. The summed E-state index contributed by atoms with van der Waals surface area (Å²) in [5, 5.41) is 0. The van der Waals surface area contributed by atoms with E-state index in [-0.39, 0.29) is 0 Å². The topological polar surface area (TPSA) is 12.5 Å². The van der Waals surface area contributed by atoms with Gasteiger partial charge in [-0.15, -0.1) is 0 Å². The number of hydrogen-bond donors (Lipinski definition) is 0. The molecule has 0 bridgehead atoms. The van der Waals surface area contributed by atoms with Gasteiger partial charge in [-0.25, -0.2) is 0 Å². The number of hydrogen-bond acceptors (Lipinski definition) is 2. The molecule has 0 amide bonds. The molecule has 0 fully saturated rings. The Labute approximate surface area is 114 Å². The molecule has 2 heteroatoms. The minimum Gasteiger partial charge on any atom is -0.494 e. The zero-order valence-electron chi connectivity index (χ0n) is 13.3. The number of nitrogens with zero attached hydrogens (tertiary/aromatic N) is 1. The van der Waals surface area contributed by atoms with Gasteiger partial charge in [0.25, 0.3) is 0 Å². The van der Waals surface area contributed by atoms with Crippen LogP contribution < -0.4 is 4.74 Å². The van der Waals surface area contributed by atoms with Gasteiger partial charge in [0.1, 0.15) is 5.75 Å². The van der Waals surface area contributed by atoms with Gasteiger partial charge in [-0.2, -0.15) is 0 Å². The third-order valence-electron chi connectivity index (χ3n) is 2.04. The van der Waals surface area contributed by atoms with Crippen molar-refractivity contribution in [2.45, 2.75) is 41.0 Å². The third kappa shape index (κ3) is 11.5. The maximum Gasteiger partial charge on any atom is 0.119 e. The number of ether oxygens (including phenoxy) is 1. The van der Waals surface area contributed by atoms with Crippen molar-refractivity contribution in [3.05, 3.63) is 29.8 Å². The van der Waals surface area contributed by atoms with Crippen LogP contribution in [0.1, 0.15) is 39.7 Å². The van der Waals surface area contributed by atoms with Gasteiger partial charge in [-0.05, 0) is 39.6 Å². The molecular weight excluding hydrogens is 222 g/mol. The minimum absolute atomic E-state index is 0.793. The number of benzene rings is 1. The molecule has 1 rings (SSSR count). The highest BCUT2D eigenvalue weighted by Crippen LogP contribution is 2.11. The molecule has 0 aliphatic carbocycles. The van der Waals surface area contributed by atoms with Crippen LogP contribution in [-0.4, -0.2) is 32.1 Å². The summed E-state index contributed by atoms with van der Waals surface area (Å²) in [7, 11) is 4.15. The van der Waals surface area contributed by atoms with Crippen molar-refractivity contribution in [3.63, 3.8) is 0 Å². The first kappa shape index (κ1) is 19.3. The monoisotopic (exact) mass is 253 g/mol. The molecule has 1 aromatic carbocycles. The summed E-state index contributed by atoms with van der Waals surface area (Å²) in [6.07, 6.45) is 1.07. The molecule has 0 saturated heterocycles. The zero-order valence-corrected chi connectivity index (χ0v) is 13.3. The summed E-state index contributed by atoms with van der Waals surface area (Å²) in [6.45, 7) is 11.9. The number of aryl methyl sites for hydroxylation is 1. The fourth-order valence-corrected chi connectivity index (χ4v) is 1.21. The van der Waals surface area contributed by atoms with Crippen LogP contribution >= 0.6 is 0 Å². The van der Waals surface area contributed by atoms with Crippen LogP contribution in [0, 0.1) is 6.92 Å². The van der Waals surface area contributed by atoms with E-state index in [1.807, 2.05) is 39.8 Å². The standard InChI is InChI=1S/C12H19NO.2C2H6/c1-11-5-7-12(8-6-11)14-10-4-9-13(2)3;2*1-2/h5-8H,4,9-10H2,1-3H3;2*1-2H3. The average molecular weight is 253 g/mol. The van der Waals surface area contributed by atoms with E-state index >= 15 is 0 Å². The molecule has 0 N–H and O–H groups in total. The van der Waals surface area contributed by atoms with Gasteiger partial charge in [0.05, 0.1) is 6.61 Å². The first-order chi connectivity index (χ1) is 8.68. The van der Waals surface area contributed by atoms with Crippen molar-refractivity contribution in [1.82, 2.24) is 4.90 Å². The fourth-order valence-electron chi connectivity index (χ4n) is 1.21. The van der Waals surface area contributed by atoms with Gasteiger partial charge in [0.15, 0.2) is 0 Å². The normalized spacial score (nSPS) is 8.89. The van der Waals surface area contributed by atoms with Crippen molar-refractivity contribution in [3.8, 4) is 5.75 Å². The van der Waals surface area contributed by atoms with Crippen LogP contribution in [0.4, 0.5) is 0 Å². The van der Waals surface area contributed by atoms with E-state index in [4.69, 9.17) is 4.74 Å². The molecule has 0 radical (unpaired) electrons. The van der Waals surface area contributed by atoms with E-state index in [0.29, 0.717) is 0 Å². The molecule has 0 spiro atoms. The van der Waals surface area contributed by atoms with Crippen molar-refractivity contribution in [2.24, 2.45) is 0 Å². The smallest absolute Gasteiger partial charge is 0.119 e. The maximum absolute atomic E-state index is 5.58. The molecule has 0 heterocycles. The molecule has 0 saturated carbocycles.